The van der Waals surface area contributed by atoms with Gasteiger partial charge in [0, 0.05) is 12.2 Å². The summed E-state index contributed by atoms with van der Waals surface area (Å²) in [6, 6.07) is 14.0. The quantitative estimate of drug-likeness (QED) is 0.567. The van der Waals surface area contributed by atoms with E-state index in [1.807, 2.05) is 43.3 Å². The van der Waals surface area contributed by atoms with Crippen molar-refractivity contribution in [3.05, 3.63) is 42.5 Å². The molecule has 3 rings (SSSR count). The highest BCUT2D eigenvalue weighted by Gasteiger charge is 2.17. The van der Waals surface area contributed by atoms with Crippen molar-refractivity contribution in [3.8, 4) is 0 Å². The molecule has 0 aliphatic carbocycles. The van der Waals surface area contributed by atoms with Crippen LogP contribution in [0.25, 0.3) is 10.8 Å². The second-order valence-corrected chi connectivity index (χ2v) is 9.02. The minimum Gasteiger partial charge on any atom is -0.360 e. The number of carbonyl (C=O) groups is 1. The smallest absolute Gasteiger partial charge is 0.237 e. The first-order valence-corrected chi connectivity index (χ1v) is 10.2. The molecule has 7 heteroatoms. The number of nitrogens with one attached hydrogen (secondary N) is 2. The molecule has 2 aromatic carbocycles. The molecule has 0 aliphatic rings. The zero-order valence-corrected chi connectivity index (χ0v) is 16.7. The van der Waals surface area contributed by atoms with Crippen molar-refractivity contribution >= 4 is 50.6 Å². The van der Waals surface area contributed by atoms with Crippen molar-refractivity contribution in [2.45, 2.75) is 30.4 Å². The van der Waals surface area contributed by atoms with Crippen molar-refractivity contribution in [1.82, 2.24) is 10.2 Å². The van der Waals surface area contributed by atoms with Crippen LogP contribution in [0.5, 0.6) is 0 Å². The molecule has 1 amide bonds. The predicted molar refractivity (Wildman–Crippen MR) is 111 cm³/mol. The van der Waals surface area contributed by atoms with Crippen LogP contribution in [0.3, 0.4) is 0 Å². The number of carbonyl (C=O) groups excluding carboxylic acids is 1. The fourth-order valence-corrected chi connectivity index (χ4v) is 4.24. The van der Waals surface area contributed by atoms with Crippen molar-refractivity contribution in [1.29, 1.82) is 0 Å². The van der Waals surface area contributed by atoms with Gasteiger partial charge in [0.25, 0.3) is 0 Å². The fraction of sp³-hybridized carbons (Fsp3) is 0.316. The van der Waals surface area contributed by atoms with Gasteiger partial charge in [0.15, 0.2) is 4.34 Å². The summed E-state index contributed by atoms with van der Waals surface area (Å²) in [4.78, 5) is 12.5. The summed E-state index contributed by atoms with van der Waals surface area (Å²) in [5.41, 5.74) is 0.803. The summed E-state index contributed by atoms with van der Waals surface area (Å²) in [6.07, 6.45) is 0. The SMILES string of the molecule is CC(C)CNc1nnc(S[C@H](C)C(=O)Nc2ccc3ccccc3c2)s1. The van der Waals surface area contributed by atoms with E-state index >= 15 is 0 Å². The maximum absolute atomic E-state index is 12.5. The normalized spacial score (nSPS) is 12.3. The number of aromatic nitrogens is 2. The van der Waals surface area contributed by atoms with E-state index in [1.165, 1.54) is 23.1 Å². The standard InChI is InChI=1S/C19H22N4OS2/c1-12(2)11-20-18-22-23-19(26-18)25-13(3)17(24)21-16-9-8-14-6-4-5-7-15(14)10-16/h4-10,12-13H,11H2,1-3H3,(H,20,22)(H,21,24)/t13-/m1/s1. The zero-order chi connectivity index (χ0) is 18.5. The van der Waals surface area contributed by atoms with Crippen molar-refractivity contribution in [3.63, 3.8) is 0 Å². The first-order valence-electron chi connectivity index (χ1n) is 8.55. The number of hydrogen-bond acceptors (Lipinski definition) is 6. The Kier molecular flexibility index (Phi) is 6.11. The molecule has 0 radical (unpaired) electrons. The van der Waals surface area contributed by atoms with E-state index in [4.69, 9.17) is 0 Å². The van der Waals surface area contributed by atoms with E-state index in [0.717, 1.165) is 32.5 Å². The van der Waals surface area contributed by atoms with Gasteiger partial charge in [-0.25, -0.2) is 0 Å². The van der Waals surface area contributed by atoms with E-state index in [9.17, 15) is 4.79 Å². The summed E-state index contributed by atoms with van der Waals surface area (Å²) < 4.78 is 0.789. The van der Waals surface area contributed by atoms with Gasteiger partial charge in [0.1, 0.15) is 0 Å². The van der Waals surface area contributed by atoms with Crippen LogP contribution in [0.2, 0.25) is 0 Å². The Bertz CT molecular complexity index is 894. The first-order chi connectivity index (χ1) is 12.5. The van der Waals surface area contributed by atoms with Crippen LogP contribution in [-0.2, 0) is 4.79 Å². The third-order valence-electron chi connectivity index (χ3n) is 3.73. The summed E-state index contributed by atoms with van der Waals surface area (Å²) in [5, 5.41) is 17.3. The topological polar surface area (TPSA) is 66.9 Å². The van der Waals surface area contributed by atoms with Gasteiger partial charge in [-0.15, -0.1) is 10.2 Å². The zero-order valence-electron chi connectivity index (χ0n) is 15.0. The molecule has 1 atom stereocenters. The van der Waals surface area contributed by atoms with Gasteiger partial charge in [0.2, 0.25) is 11.0 Å². The summed E-state index contributed by atoms with van der Waals surface area (Å²) in [7, 11) is 0. The Balaban J connectivity index is 1.58. The summed E-state index contributed by atoms with van der Waals surface area (Å²) >= 11 is 2.90. The van der Waals surface area contributed by atoms with Gasteiger partial charge >= 0.3 is 0 Å². The van der Waals surface area contributed by atoms with E-state index in [-0.39, 0.29) is 11.2 Å². The maximum Gasteiger partial charge on any atom is 0.237 e. The highest BCUT2D eigenvalue weighted by molar-refractivity contribution is 8.02. The van der Waals surface area contributed by atoms with Crippen LogP contribution < -0.4 is 10.6 Å². The number of nitrogens with zero attached hydrogens (tertiary/aromatic N) is 2. The van der Waals surface area contributed by atoms with Gasteiger partial charge in [-0.05, 0) is 35.7 Å². The number of amides is 1. The molecule has 1 aromatic heterocycles. The van der Waals surface area contributed by atoms with Crippen molar-refractivity contribution < 1.29 is 4.79 Å². The van der Waals surface area contributed by atoms with Crippen LogP contribution in [0.4, 0.5) is 10.8 Å². The molecular weight excluding hydrogens is 364 g/mol. The van der Waals surface area contributed by atoms with Crippen LogP contribution in [0.1, 0.15) is 20.8 Å². The molecule has 2 N–H and O–H groups in total. The fourth-order valence-electron chi connectivity index (χ4n) is 2.34. The molecule has 0 unspecified atom stereocenters. The number of thioether (sulfide) groups is 1. The lowest BCUT2D eigenvalue weighted by molar-refractivity contribution is -0.115. The van der Waals surface area contributed by atoms with Crippen LogP contribution in [-0.4, -0.2) is 27.9 Å². The summed E-state index contributed by atoms with van der Waals surface area (Å²) in [6.45, 7) is 7.02. The lowest BCUT2D eigenvalue weighted by Gasteiger charge is -2.11. The number of anilines is 2. The second kappa shape index (κ2) is 8.51. The Morgan fingerprint density at radius 1 is 1.12 bits per heavy atom. The van der Waals surface area contributed by atoms with Crippen LogP contribution >= 0.6 is 23.1 Å². The number of fused-ring (bicyclic) bond motifs is 1. The monoisotopic (exact) mass is 386 g/mol. The third kappa shape index (κ3) is 4.95. The molecule has 0 bridgehead atoms. The number of hydrogen-bond donors (Lipinski definition) is 2. The Hall–Kier alpha value is -2.12. The van der Waals surface area contributed by atoms with E-state index in [2.05, 4.69) is 40.7 Å². The molecule has 0 saturated heterocycles. The van der Waals surface area contributed by atoms with Gasteiger partial charge < -0.3 is 10.6 Å². The Labute approximate surface area is 161 Å². The number of benzene rings is 2. The van der Waals surface area contributed by atoms with Crippen LogP contribution in [0.15, 0.2) is 46.8 Å². The van der Waals surface area contributed by atoms with Crippen molar-refractivity contribution in [2.24, 2.45) is 5.92 Å². The molecule has 3 aromatic rings. The highest BCUT2D eigenvalue weighted by atomic mass is 32.2. The first kappa shape index (κ1) is 18.7. The van der Waals surface area contributed by atoms with Crippen LogP contribution in [0, 0.1) is 5.92 Å². The van der Waals surface area contributed by atoms with E-state index in [0.29, 0.717) is 5.92 Å². The molecule has 26 heavy (non-hydrogen) atoms. The van der Waals surface area contributed by atoms with E-state index in [1.54, 1.807) is 0 Å². The molecular formula is C19H22N4OS2. The Morgan fingerprint density at radius 2 is 1.88 bits per heavy atom. The largest absolute Gasteiger partial charge is 0.360 e. The molecule has 136 valence electrons. The molecule has 0 spiro atoms. The molecule has 1 heterocycles. The molecule has 5 nitrogen and oxygen atoms in total. The predicted octanol–water partition coefficient (Wildman–Crippen LogP) is 4.88. The average Bonchev–Trinajstić information content (AvgIpc) is 3.07. The van der Waals surface area contributed by atoms with Gasteiger partial charge in [-0.1, -0.05) is 67.3 Å². The molecule has 0 aliphatic heterocycles. The maximum atomic E-state index is 12.5. The third-order valence-corrected chi connectivity index (χ3v) is 5.80. The highest BCUT2D eigenvalue weighted by Crippen LogP contribution is 2.29. The lowest BCUT2D eigenvalue weighted by Crippen LogP contribution is -2.22. The minimum absolute atomic E-state index is 0.0443. The Morgan fingerprint density at radius 3 is 2.65 bits per heavy atom. The van der Waals surface area contributed by atoms with E-state index < -0.39 is 0 Å². The summed E-state index contributed by atoms with van der Waals surface area (Å²) in [5.74, 6) is 0.499. The average molecular weight is 387 g/mol. The minimum atomic E-state index is -0.257. The van der Waals surface area contributed by atoms with Gasteiger partial charge in [-0.3, -0.25) is 4.79 Å². The second-order valence-electron chi connectivity index (χ2n) is 6.46. The van der Waals surface area contributed by atoms with Gasteiger partial charge in [0.05, 0.1) is 5.25 Å². The van der Waals surface area contributed by atoms with Crippen molar-refractivity contribution in [2.75, 3.05) is 17.2 Å². The lowest BCUT2D eigenvalue weighted by atomic mass is 10.1. The molecule has 0 saturated carbocycles. The molecule has 0 fully saturated rings. The number of rotatable bonds is 7. The van der Waals surface area contributed by atoms with Gasteiger partial charge in [-0.2, -0.15) is 0 Å².